The first-order valence-electron chi connectivity index (χ1n) is 6.13. The van der Waals surface area contributed by atoms with Gasteiger partial charge in [-0.05, 0) is 26.2 Å². The minimum atomic E-state index is 0.401. The minimum Gasteiger partial charge on any atom is -0.378 e. The van der Waals surface area contributed by atoms with Crippen molar-refractivity contribution in [2.24, 2.45) is 5.92 Å². The van der Waals surface area contributed by atoms with Crippen LogP contribution in [0.2, 0.25) is 0 Å². The molecule has 1 aliphatic heterocycles. The van der Waals surface area contributed by atoms with Gasteiger partial charge in [-0.3, -0.25) is 0 Å². The van der Waals surface area contributed by atoms with E-state index in [1.165, 1.54) is 6.42 Å². The maximum absolute atomic E-state index is 5.54. The van der Waals surface area contributed by atoms with E-state index < -0.39 is 0 Å². The Labute approximate surface area is 97.0 Å². The van der Waals surface area contributed by atoms with E-state index in [2.05, 4.69) is 28.7 Å². The molecule has 2 rings (SSSR count). The molecule has 0 saturated carbocycles. The van der Waals surface area contributed by atoms with E-state index in [-0.39, 0.29) is 0 Å². The van der Waals surface area contributed by atoms with Gasteiger partial charge in [0.05, 0.1) is 12.6 Å². The van der Waals surface area contributed by atoms with Crippen molar-refractivity contribution in [3.8, 4) is 0 Å². The van der Waals surface area contributed by atoms with Gasteiger partial charge >= 0.3 is 0 Å². The highest BCUT2D eigenvalue weighted by Gasteiger charge is 2.23. The minimum absolute atomic E-state index is 0.401. The van der Waals surface area contributed by atoms with Crippen LogP contribution in [0.3, 0.4) is 0 Å². The number of nitrogens with zero attached hydrogens (tertiary/aromatic N) is 2. The van der Waals surface area contributed by atoms with Gasteiger partial charge in [0.25, 0.3) is 0 Å². The van der Waals surface area contributed by atoms with Gasteiger partial charge in [0.2, 0.25) is 0 Å². The number of ether oxygens (including phenoxy) is 1. The van der Waals surface area contributed by atoms with Gasteiger partial charge < -0.3 is 14.6 Å². The van der Waals surface area contributed by atoms with Crippen LogP contribution in [0.5, 0.6) is 0 Å². The molecule has 0 aliphatic carbocycles. The molecular formula is C12H21N3O. The van der Waals surface area contributed by atoms with Gasteiger partial charge in [-0.25, -0.2) is 4.98 Å². The van der Waals surface area contributed by atoms with Crippen LogP contribution >= 0.6 is 0 Å². The molecule has 0 spiro atoms. The zero-order valence-corrected chi connectivity index (χ0v) is 10.1. The molecule has 1 saturated heterocycles. The van der Waals surface area contributed by atoms with Crippen LogP contribution in [0.4, 0.5) is 0 Å². The lowest BCUT2D eigenvalue weighted by molar-refractivity contribution is 0.105. The van der Waals surface area contributed by atoms with Gasteiger partial charge in [0.15, 0.2) is 0 Å². The monoisotopic (exact) mass is 223 g/mol. The summed E-state index contributed by atoms with van der Waals surface area (Å²) in [6, 6.07) is 0. The van der Waals surface area contributed by atoms with Crippen LogP contribution < -0.4 is 5.32 Å². The maximum atomic E-state index is 5.54. The summed E-state index contributed by atoms with van der Waals surface area (Å²) in [6.45, 7) is 8.07. The number of aromatic nitrogens is 2. The predicted molar refractivity (Wildman–Crippen MR) is 63.1 cm³/mol. The standard InChI is InChI=1S/C12H21N3O/c1-3-15-6-5-14-12(15)9-13-8-11-4-7-16-10(11)2/h5-6,10-11,13H,3-4,7-9H2,1-2H3. The average molecular weight is 223 g/mol. The molecule has 1 N–H and O–H groups in total. The van der Waals surface area contributed by atoms with Gasteiger partial charge in [-0.1, -0.05) is 0 Å². The van der Waals surface area contributed by atoms with Crippen molar-refractivity contribution in [3.63, 3.8) is 0 Å². The summed E-state index contributed by atoms with van der Waals surface area (Å²) in [5.74, 6) is 1.78. The summed E-state index contributed by atoms with van der Waals surface area (Å²) >= 11 is 0. The Bertz CT molecular complexity index is 324. The van der Waals surface area contributed by atoms with E-state index in [4.69, 9.17) is 4.74 Å². The highest BCUT2D eigenvalue weighted by Crippen LogP contribution is 2.19. The fraction of sp³-hybridized carbons (Fsp3) is 0.750. The van der Waals surface area contributed by atoms with E-state index in [9.17, 15) is 0 Å². The SMILES string of the molecule is CCn1ccnc1CNCC1CCOC1C. The molecule has 0 bridgehead atoms. The Kier molecular flexibility index (Phi) is 3.96. The van der Waals surface area contributed by atoms with Crippen molar-refractivity contribution in [1.29, 1.82) is 0 Å². The highest BCUT2D eigenvalue weighted by molar-refractivity contribution is 4.91. The molecule has 1 aromatic heterocycles. The van der Waals surface area contributed by atoms with Gasteiger partial charge in [0, 0.05) is 32.1 Å². The smallest absolute Gasteiger partial charge is 0.122 e. The molecule has 0 radical (unpaired) electrons. The molecule has 2 unspecified atom stereocenters. The lowest BCUT2D eigenvalue weighted by atomic mass is 10.0. The first kappa shape index (κ1) is 11.6. The van der Waals surface area contributed by atoms with E-state index in [1.54, 1.807) is 0 Å². The second-order valence-electron chi connectivity index (χ2n) is 4.39. The Balaban J connectivity index is 1.75. The van der Waals surface area contributed by atoms with Crippen LogP contribution in [0.15, 0.2) is 12.4 Å². The molecule has 0 aromatic carbocycles. The predicted octanol–water partition coefficient (Wildman–Crippen LogP) is 1.42. The molecule has 1 aliphatic rings. The summed E-state index contributed by atoms with van der Waals surface area (Å²) in [4.78, 5) is 4.34. The third-order valence-corrected chi connectivity index (χ3v) is 3.37. The molecule has 1 aromatic rings. The second-order valence-corrected chi connectivity index (χ2v) is 4.39. The Morgan fingerprint density at radius 1 is 1.62 bits per heavy atom. The number of imidazole rings is 1. The number of hydrogen-bond donors (Lipinski definition) is 1. The Morgan fingerprint density at radius 3 is 3.19 bits per heavy atom. The molecule has 2 atom stereocenters. The van der Waals surface area contributed by atoms with Gasteiger partial charge in [-0.15, -0.1) is 0 Å². The molecule has 90 valence electrons. The Hall–Kier alpha value is -0.870. The number of nitrogens with one attached hydrogen (secondary N) is 1. The van der Waals surface area contributed by atoms with Crippen molar-refractivity contribution in [3.05, 3.63) is 18.2 Å². The largest absolute Gasteiger partial charge is 0.378 e. The van der Waals surface area contributed by atoms with Crippen LogP contribution in [0.1, 0.15) is 26.1 Å². The maximum Gasteiger partial charge on any atom is 0.122 e. The van der Waals surface area contributed by atoms with Crippen molar-refractivity contribution >= 4 is 0 Å². The molecule has 16 heavy (non-hydrogen) atoms. The Morgan fingerprint density at radius 2 is 2.50 bits per heavy atom. The summed E-state index contributed by atoms with van der Waals surface area (Å²) < 4.78 is 7.71. The third kappa shape index (κ3) is 2.62. The fourth-order valence-electron chi connectivity index (χ4n) is 2.21. The number of hydrogen-bond acceptors (Lipinski definition) is 3. The average Bonchev–Trinajstić information content (AvgIpc) is 2.88. The van der Waals surface area contributed by atoms with Crippen molar-refractivity contribution in [1.82, 2.24) is 14.9 Å². The zero-order chi connectivity index (χ0) is 11.4. The van der Waals surface area contributed by atoms with E-state index in [0.717, 1.165) is 32.1 Å². The molecular weight excluding hydrogens is 202 g/mol. The topological polar surface area (TPSA) is 39.1 Å². The molecule has 4 heteroatoms. The summed E-state index contributed by atoms with van der Waals surface area (Å²) in [6.07, 6.45) is 5.47. The molecule has 1 fully saturated rings. The van der Waals surface area contributed by atoms with Crippen molar-refractivity contribution < 1.29 is 4.74 Å². The summed E-state index contributed by atoms with van der Waals surface area (Å²) in [5.41, 5.74) is 0. The van der Waals surface area contributed by atoms with E-state index >= 15 is 0 Å². The first-order valence-corrected chi connectivity index (χ1v) is 6.13. The van der Waals surface area contributed by atoms with E-state index in [1.807, 2.05) is 12.4 Å². The number of aryl methyl sites for hydroxylation is 1. The molecule has 0 amide bonds. The van der Waals surface area contributed by atoms with Crippen LogP contribution in [0.25, 0.3) is 0 Å². The van der Waals surface area contributed by atoms with Crippen LogP contribution in [0, 0.1) is 5.92 Å². The second kappa shape index (κ2) is 5.46. The van der Waals surface area contributed by atoms with Crippen LogP contribution in [-0.4, -0.2) is 28.8 Å². The molecule has 2 heterocycles. The van der Waals surface area contributed by atoms with Crippen molar-refractivity contribution in [2.45, 2.75) is 39.5 Å². The van der Waals surface area contributed by atoms with E-state index in [0.29, 0.717) is 12.0 Å². The van der Waals surface area contributed by atoms with Gasteiger partial charge in [0.1, 0.15) is 5.82 Å². The quantitative estimate of drug-likeness (QED) is 0.820. The normalized spacial score (nSPS) is 25.1. The lowest BCUT2D eigenvalue weighted by Crippen LogP contribution is -2.27. The lowest BCUT2D eigenvalue weighted by Gasteiger charge is -2.14. The third-order valence-electron chi connectivity index (χ3n) is 3.37. The zero-order valence-electron chi connectivity index (χ0n) is 10.1. The van der Waals surface area contributed by atoms with Crippen LogP contribution in [-0.2, 0) is 17.8 Å². The molecule has 4 nitrogen and oxygen atoms in total. The van der Waals surface area contributed by atoms with Crippen molar-refractivity contribution in [2.75, 3.05) is 13.2 Å². The summed E-state index contributed by atoms with van der Waals surface area (Å²) in [7, 11) is 0. The highest BCUT2D eigenvalue weighted by atomic mass is 16.5. The van der Waals surface area contributed by atoms with Gasteiger partial charge in [-0.2, -0.15) is 0 Å². The summed E-state index contributed by atoms with van der Waals surface area (Å²) in [5, 5.41) is 3.47. The fourth-order valence-corrected chi connectivity index (χ4v) is 2.21. The number of rotatable bonds is 5. The first-order chi connectivity index (χ1) is 7.81.